The van der Waals surface area contributed by atoms with Gasteiger partial charge in [-0.1, -0.05) is 86.7 Å². The van der Waals surface area contributed by atoms with Crippen LogP contribution in [0.5, 0.6) is 5.75 Å². The van der Waals surface area contributed by atoms with Crippen molar-refractivity contribution in [1.29, 1.82) is 0 Å². The summed E-state index contributed by atoms with van der Waals surface area (Å²) in [5, 5.41) is 15.2. The molecule has 0 bridgehead atoms. The van der Waals surface area contributed by atoms with Crippen molar-refractivity contribution in [2.45, 2.75) is 76.0 Å². The zero-order valence-electron chi connectivity index (χ0n) is 31.3. The molecule has 15 heteroatoms. The number of rotatable bonds is 13. The smallest absolute Gasteiger partial charge is 0.261 e. The van der Waals surface area contributed by atoms with Crippen LogP contribution in [0, 0.1) is 3.95 Å². The maximum Gasteiger partial charge on any atom is 0.261 e. The zero-order chi connectivity index (χ0) is 40.0. The monoisotopic (exact) mass is 800 g/mol. The summed E-state index contributed by atoms with van der Waals surface area (Å²) < 4.78 is 35.1. The Bertz CT molecular complexity index is 2280. The van der Waals surface area contributed by atoms with Gasteiger partial charge in [0.25, 0.3) is 21.8 Å². The van der Waals surface area contributed by atoms with Gasteiger partial charge < -0.3 is 15.4 Å². The summed E-state index contributed by atoms with van der Waals surface area (Å²) in [6.45, 7) is 11.9. The van der Waals surface area contributed by atoms with Crippen molar-refractivity contribution in [3.05, 3.63) is 129 Å². The fourth-order valence-corrected chi connectivity index (χ4v) is 7.27. The van der Waals surface area contributed by atoms with Gasteiger partial charge in [-0.2, -0.15) is 0 Å². The Morgan fingerprint density at radius 3 is 2.02 bits per heavy atom. The minimum atomic E-state index is -3.90. The van der Waals surface area contributed by atoms with Crippen LogP contribution in [0.1, 0.15) is 74.6 Å². The van der Waals surface area contributed by atoms with E-state index in [1.165, 1.54) is 24.3 Å². The summed E-state index contributed by atoms with van der Waals surface area (Å²) in [7, 11) is -3.90. The fraction of sp³-hybridized carbons (Fsp3) is 0.275. The lowest BCUT2D eigenvalue weighted by molar-refractivity contribution is -0.127. The Hall–Kier alpha value is -5.38. The molecule has 0 aliphatic carbocycles. The lowest BCUT2D eigenvalue weighted by Crippen LogP contribution is -2.50. The molecule has 5 rings (SSSR count). The molecule has 4 aromatic carbocycles. The van der Waals surface area contributed by atoms with E-state index in [0.29, 0.717) is 15.3 Å². The highest BCUT2D eigenvalue weighted by Crippen LogP contribution is 2.25. The van der Waals surface area contributed by atoms with E-state index in [4.69, 9.17) is 17.0 Å². The van der Waals surface area contributed by atoms with Crippen molar-refractivity contribution >= 4 is 62.1 Å². The number of aromatic nitrogens is 2. The molecule has 12 nitrogen and oxygen atoms in total. The minimum absolute atomic E-state index is 0.0726. The van der Waals surface area contributed by atoms with Gasteiger partial charge in [-0.3, -0.25) is 29.5 Å². The van der Waals surface area contributed by atoms with Crippen molar-refractivity contribution in [1.82, 2.24) is 20.8 Å². The van der Waals surface area contributed by atoms with Crippen molar-refractivity contribution in [3.63, 3.8) is 0 Å². The van der Waals surface area contributed by atoms with Gasteiger partial charge >= 0.3 is 0 Å². The molecule has 3 amide bonds. The molecule has 5 N–H and O–H groups in total. The largest absolute Gasteiger partial charge is 0.488 e. The lowest BCUT2D eigenvalue weighted by Gasteiger charge is -2.24. The molecule has 0 saturated carbocycles. The maximum atomic E-state index is 14.1. The van der Waals surface area contributed by atoms with Crippen molar-refractivity contribution in [3.8, 4) is 5.75 Å². The number of benzene rings is 4. The Morgan fingerprint density at radius 1 is 0.818 bits per heavy atom. The molecular formula is C40H44N6O6S3. The summed E-state index contributed by atoms with van der Waals surface area (Å²) in [4.78, 5) is 41.4. The molecule has 0 aliphatic heterocycles. The number of nitrogens with zero attached hydrogens (tertiary/aromatic N) is 1. The van der Waals surface area contributed by atoms with Crippen LogP contribution in [0.25, 0.3) is 0 Å². The average Bonchev–Trinajstić information content (AvgIpc) is 3.54. The molecule has 288 valence electrons. The third kappa shape index (κ3) is 11.6. The number of nitrogens with one attached hydrogen (secondary N) is 5. The number of carbonyl (C=O) groups excluding carboxylic acids is 3. The molecule has 0 fully saturated rings. The van der Waals surface area contributed by atoms with E-state index in [0.717, 1.165) is 22.5 Å². The van der Waals surface area contributed by atoms with E-state index in [9.17, 15) is 22.8 Å². The molecule has 55 heavy (non-hydrogen) atoms. The number of H-pyrrole nitrogens is 1. The van der Waals surface area contributed by atoms with E-state index in [-0.39, 0.29) is 33.1 Å². The predicted octanol–water partition coefficient (Wildman–Crippen LogP) is 7.31. The summed E-state index contributed by atoms with van der Waals surface area (Å²) in [6, 6.07) is 26.1. The topological polar surface area (TPSA) is 171 Å². The molecule has 0 aliphatic rings. The third-order valence-electron chi connectivity index (χ3n) is 8.19. The van der Waals surface area contributed by atoms with Crippen molar-refractivity contribution in [2.75, 3.05) is 10.0 Å². The number of hydrogen-bond donors (Lipinski definition) is 5. The number of amides is 3. The van der Waals surface area contributed by atoms with Crippen LogP contribution in [0.3, 0.4) is 0 Å². The van der Waals surface area contributed by atoms with Gasteiger partial charge in [-0.15, -0.1) is 5.10 Å². The number of hydrogen-bond acceptors (Lipinski definition) is 9. The molecule has 5 aromatic rings. The van der Waals surface area contributed by atoms with Crippen LogP contribution in [0.4, 0.5) is 10.8 Å². The highest BCUT2D eigenvalue weighted by Gasteiger charge is 2.29. The fourth-order valence-electron chi connectivity index (χ4n) is 5.42. The Labute approximate surface area is 330 Å². The lowest BCUT2D eigenvalue weighted by atomic mass is 9.87. The highest BCUT2D eigenvalue weighted by atomic mass is 32.2. The Kier molecular flexibility index (Phi) is 12.6. The van der Waals surface area contributed by atoms with Crippen molar-refractivity contribution in [2.24, 2.45) is 0 Å². The number of carbonyl (C=O) groups is 3. The first-order chi connectivity index (χ1) is 25.9. The Morgan fingerprint density at radius 2 is 1.45 bits per heavy atom. The number of ether oxygens (including phenoxy) is 1. The van der Waals surface area contributed by atoms with E-state index in [1.54, 1.807) is 78.9 Å². The van der Waals surface area contributed by atoms with Crippen LogP contribution >= 0.6 is 23.6 Å². The standard InChI is InChI=1S/C40H44N6O6S3/c1-39(2,3)28-16-22-31(23-17-28)55(50,51)46-29-18-14-27(15-19-29)34(47)41-32(24-25-12-20-30(21-13-25)52-40(4,5)6)35(48)42-33(26-10-8-7-9-11-26)36(49)43-37-44-45-38(53)54-37/h7-23,32-33,46H,24H2,1-6H3,(H,41,47)(H,42,48)(H,45,53)(H,43,44,49)/t32-,33-/m0/s1. The van der Waals surface area contributed by atoms with Gasteiger partial charge in [0.05, 0.1) is 4.90 Å². The number of anilines is 2. The van der Waals surface area contributed by atoms with Crippen LogP contribution in [-0.4, -0.2) is 48.0 Å². The minimum Gasteiger partial charge on any atom is -0.488 e. The van der Waals surface area contributed by atoms with Gasteiger partial charge in [0.1, 0.15) is 23.4 Å². The average molecular weight is 801 g/mol. The van der Waals surface area contributed by atoms with Crippen LogP contribution < -0.4 is 25.4 Å². The first-order valence-corrected chi connectivity index (χ1v) is 20.1. The highest BCUT2D eigenvalue weighted by molar-refractivity contribution is 7.92. The van der Waals surface area contributed by atoms with E-state index < -0.39 is 45.4 Å². The van der Waals surface area contributed by atoms with Gasteiger partial charge in [-0.25, -0.2) is 8.42 Å². The first-order valence-electron chi connectivity index (χ1n) is 17.4. The molecule has 0 radical (unpaired) electrons. The molecule has 1 heterocycles. The molecule has 0 spiro atoms. The molecule has 2 atom stereocenters. The second-order valence-corrected chi connectivity index (χ2v) is 18.2. The normalized spacial score (nSPS) is 12.9. The molecular weight excluding hydrogens is 757 g/mol. The quantitative estimate of drug-likeness (QED) is 0.0772. The van der Waals surface area contributed by atoms with Gasteiger partial charge in [0.2, 0.25) is 11.0 Å². The first kappa shape index (κ1) is 40.8. The van der Waals surface area contributed by atoms with Gasteiger partial charge in [-0.05, 0) is 104 Å². The Balaban J connectivity index is 1.36. The van der Waals surface area contributed by atoms with Gasteiger partial charge in [0, 0.05) is 17.7 Å². The SMILES string of the molecule is CC(C)(C)Oc1ccc(C[C@H](NC(=O)c2ccc(NS(=O)(=O)c3ccc(C(C)(C)C)cc3)cc2)C(=O)N[C@H](C(=O)Nc2n[nH]c(=S)s2)c2ccccc2)cc1. The van der Waals surface area contributed by atoms with Crippen molar-refractivity contribution < 1.29 is 27.5 Å². The van der Waals surface area contributed by atoms with Crippen LogP contribution in [-0.2, 0) is 31.4 Å². The second kappa shape index (κ2) is 17.0. The van der Waals surface area contributed by atoms with Crippen LogP contribution in [0.15, 0.2) is 108 Å². The maximum absolute atomic E-state index is 14.1. The third-order valence-corrected chi connectivity index (χ3v) is 10.6. The van der Waals surface area contributed by atoms with Gasteiger partial charge in [0.15, 0.2) is 3.95 Å². The summed E-state index contributed by atoms with van der Waals surface area (Å²) in [6.07, 6.45) is 0.0726. The number of sulfonamides is 1. The molecule has 0 saturated heterocycles. The van der Waals surface area contributed by atoms with E-state index in [2.05, 4.69) is 30.9 Å². The summed E-state index contributed by atoms with van der Waals surface area (Å²) in [5.41, 5.74) is 2.11. The number of aromatic amines is 1. The summed E-state index contributed by atoms with van der Waals surface area (Å²) >= 11 is 6.16. The van der Waals surface area contributed by atoms with E-state index in [1.807, 2.05) is 41.5 Å². The van der Waals surface area contributed by atoms with E-state index >= 15 is 0 Å². The second-order valence-electron chi connectivity index (χ2n) is 14.8. The zero-order valence-corrected chi connectivity index (χ0v) is 33.7. The predicted molar refractivity (Wildman–Crippen MR) is 217 cm³/mol. The van der Waals surface area contributed by atoms with Crippen LogP contribution in [0.2, 0.25) is 0 Å². The molecule has 0 unspecified atom stereocenters. The summed E-state index contributed by atoms with van der Waals surface area (Å²) in [5.74, 6) is -1.13. The molecule has 1 aromatic heterocycles.